The molecule has 4 rings (SSSR count). The summed E-state index contributed by atoms with van der Waals surface area (Å²) < 4.78 is 1.82. The number of nitrogens with zero attached hydrogens (tertiary/aromatic N) is 4. The van der Waals surface area contributed by atoms with Gasteiger partial charge in [0.05, 0.1) is 18.2 Å². The number of carbonyl (C=O) groups is 2. The Morgan fingerprint density at radius 1 is 1.11 bits per heavy atom. The Bertz CT molecular complexity index is 852. The Labute approximate surface area is 165 Å². The van der Waals surface area contributed by atoms with Crippen LogP contribution in [0.1, 0.15) is 34.6 Å². The number of rotatable bonds is 3. The van der Waals surface area contributed by atoms with Gasteiger partial charge in [0.2, 0.25) is 5.91 Å². The van der Waals surface area contributed by atoms with Crippen molar-refractivity contribution < 1.29 is 9.59 Å². The zero-order chi connectivity index (χ0) is 19.7. The molecule has 148 valence electrons. The molecule has 0 bridgehead atoms. The van der Waals surface area contributed by atoms with Crippen molar-refractivity contribution in [1.82, 2.24) is 24.7 Å². The number of aromatic nitrogens is 2. The Kier molecular flexibility index (Phi) is 5.17. The number of likely N-dealkylation sites (N-methyl/N-ethyl adjacent to an activating group) is 1. The topological polar surface area (TPSA) is 70.5 Å². The van der Waals surface area contributed by atoms with E-state index in [4.69, 9.17) is 0 Å². The van der Waals surface area contributed by atoms with Crippen LogP contribution in [0.25, 0.3) is 0 Å². The minimum absolute atomic E-state index is 0.0441. The van der Waals surface area contributed by atoms with Gasteiger partial charge < -0.3 is 19.7 Å². The summed E-state index contributed by atoms with van der Waals surface area (Å²) in [6, 6.07) is 7.70. The molecule has 2 aliphatic rings. The fourth-order valence-corrected chi connectivity index (χ4v) is 4.30. The van der Waals surface area contributed by atoms with Gasteiger partial charge in [0.1, 0.15) is 5.69 Å². The standard InChI is InChI=1S/C21H27N5O2/c1-24-11-16(21(28)26-12-15-5-3-9-22-18(15)14-26)7-8-17(13-24)23-20(27)19-6-4-10-25(19)2/h3-6,9-10,16-17H,7-8,11-14H2,1-2H3,(H,23,27)/t16-,17+/m1/s1. The van der Waals surface area contributed by atoms with Gasteiger partial charge in [-0.2, -0.15) is 0 Å². The number of pyridine rings is 1. The molecule has 0 saturated carbocycles. The smallest absolute Gasteiger partial charge is 0.268 e. The van der Waals surface area contributed by atoms with Crippen molar-refractivity contribution in [3.8, 4) is 0 Å². The maximum Gasteiger partial charge on any atom is 0.268 e. The average molecular weight is 381 g/mol. The van der Waals surface area contributed by atoms with E-state index in [1.165, 1.54) is 0 Å². The largest absolute Gasteiger partial charge is 0.347 e. The maximum absolute atomic E-state index is 13.1. The Morgan fingerprint density at radius 3 is 2.71 bits per heavy atom. The zero-order valence-corrected chi connectivity index (χ0v) is 16.5. The number of aryl methyl sites for hydroxylation is 1. The molecule has 2 atom stereocenters. The predicted molar refractivity (Wildman–Crippen MR) is 105 cm³/mol. The van der Waals surface area contributed by atoms with E-state index in [9.17, 15) is 9.59 Å². The number of likely N-dealkylation sites (tertiary alicyclic amines) is 1. The van der Waals surface area contributed by atoms with Gasteiger partial charge in [-0.1, -0.05) is 6.07 Å². The first kappa shape index (κ1) is 18.7. The fraction of sp³-hybridized carbons (Fsp3) is 0.476. The highest BCUT2D eigenvalue weighted by atomic mass is 16.2. The van der Waals surface area contributed by atoms with E-state index in [1.807, 2.05) is 54.0 Å². The van der Waals surface area contributed by atoms with Gasteiger partial charge in [-0.15, -0.1) is 0 Å². The van der Waals surface area contributed by atoms with Crippen molar-refractivity contribution >= 4 is 11.8 Å². The van der Waals surface area contributed by atoms with Gasteiger partial charge in [-0.05, 0) is 43.7 Å². The molecule has 0 aromatic carbocycles. The molecule has 7 heteroatoms. The Balaban J connectivity index is 1.37. The lowest BCUT2D eigenvalue weighted by molar-refractivity contribution is -0.136. The normalized spacial score (nSPS) is 22.6. The van der Waals surface area contributed by atoms with Crippen LogP contribution in [0.4, 0.5) is 0 Å². The van der Waals surface area contributed by atoms with Crippen LogP contribution < -0.4 is 5.32 Å². The molecule has 1 fully saturated rings. The van der Waals surface area contributed by atoms with Crippen LogP contribution in [-0.2, 0) is 24.9 Å². The molecule has 2 amide bonds. The van der Waals surface area contributed by atoms with Crippen molar-refractivity contribution in [2.75, 3.05) is 20.1 Å². The summed E-state index contributed by atoms with van der Waals surface area (Å²) >= 11 is 0. The number of hydrogen-bond acceptors (Lipinski definition) is 4. The highest BCUT2D eigenvalue weighted by molar-refractivity contribution is 5.92. The lowest BCUT2D eigenvalue weighted by atomic mass is 10.0. The van der Waals surface area contributed by atoms with E-state index in [0.29, 0.717) is 18.8 Å². The molecule has 0 unspecified atom stereocenters. The van der Waals surface area contributed by atoms with E-state index in [-0.39, 0.29) is 23.8 Å². The van der Waals surface area contributed by atoms with Crippen LogP contribution in [0.2, 0.25) is 0 Å². The van der Waals surface area contributed by atoms with Crippen LogP contribution in [-0.4, -0.2) is 57.3 Å². The Morgan fingerprint density at radius 2 is 1.96 bits per heavy atom. The number of carbonyl (C=O) groups excluding carboxylic acids is 2. The molecule has 0 spiro atoms. The number of amides is 2. The lowest BCUT2D eigenvalue weighted by Gasteiger charge is -2.24. The van der Waals surface area contributed by atoms with E-state index in [1.54, 1.807) is 6.20 Å². The van der Waals surface area contributed by atoms with Crippen molar-refractivity contribution in [1.29, 1.82) is 0 Å². The van der Waals surface area contributed by atoms with Gasteiger partial charge >= 0.3 is 0 Å². The molecule has 2 aromatic heterocycles. The van der Waals surface area contributed by atoms with E-state index < -0.39 is 0 Å². The molecule has 1 N–H and O–H groups in total. The fourth-order valence-electron chi connectivity index (χ4n) is 4.30. The zero-order valence-electron chi connectivity index (χ0n) is 16.5. The molecule has 1 saturated heterocycles. The molecule has 4 heterocycles. The van der Waals surface area contributed by atoms with Gasteiger partial charge in [-0.25, -0.2) is 0 Å². The first-order valence-corrected chi connectivity index (χ1v) is 9.83. The number of nitrogens with one attached hydrogen (secondary N) is 1. The van der Waals surface area contributed by atoms with Crippen LogP contribution in [0.3, 0.4) is 0 Å². The quantitative estimate of drug-likeness (QED) is 0.873. The summed E-state index contributed by atoms with van der Waals surface area (Å²) in [7, 11) is 3.89. The molecule has 2 aromatic rings. The van der Waals surface area contributed by atoms with Crippen LogP contribution >= 0.6 is 0 Å². The molecule has 28 heavy (non-hydrogen) atoms. The first-order chi connectivity index (χ1) is 13.5. The molecule has 2 aliphatic heterocycles. The second kappa shape index (κ2) is 7.75. The summed E-state index contributed by atoms with van der Waals surface area (Å²) in [6.07, 6.45) is 5.23. The van der Waals surface area contributed by atoms with Crippen LogP contribution in [0.15, 0.2) is 36.7 Å². The van der Waals surface area contributed by atoms with Gasteiger partial charge in [-0.3, -0.25) is 14.6 Å². The predicted octanol–water partition coefficient (Wildman–Crippen LogP) is 1.40. The maximum atomic E-state index is 13.1. The average Bonchev–Trinajstić information content (AvgIpc) is 3.25. The van der Waals surface area contributed by atoms with E-state index >= 15 is 0 Å². The second-order valence-corrected chi connectivity index (χ2v) is 7.97. The Hall–Kier alpha value is -2.67. The third kappa shape index (κ3) is 3.80. The number of hydrogen-bond donors (Lipinski definition) is 1. The SMILES string of the molecule is CN1C[C@@H](NC(=O)c2cccn2C)CC[C@@H](C(=O)N2Cc3cccnc3C2)C1. The summed E-state index contributed by atoms with van der Waals surface area (Å²) in [5.74, 6) is 0.0901. The van der Waals surface area contributed by atoms with Gasteiger partial charge in [0.25, 0.3) is 5.91 Å². The minimum Gasteiger partial charge on any atom is -0.347 e. The summed E-state index contributed by atoms with van der Waals surface area (Å²) in [5, 5.41) is 3.14. The molecular formula is C21H27N5O2. The van der Waals surface area contributed by atoms with E-state index in [2.05, 4.69) is 15.2 Å². The molecule has 0 aliphatic carbocycles. The van der Waals surface area contributed by atoms with Gasteiger partial charge in [0.15, 0.2) is 0 Å². The highest BCUT2D eigenvalue weighted by Gasteiger charge is 2.33. The summed E-state index contributed by atoms with van der Waals surface area (Å²) in [6.45, 7) is 2.72. The number of fused-ring (bicyclic) bond motifs is 1. The molecular weight excluding hydrogens is 354 g/mol. The van der Waals surface area contributed by atoms with Crippen molar-refractivity contribution in [3.05, 3.63) is 53.6 Å². The van der Waals surface area contributed by atoms with Crippen molar-refractivity contribution in [3.63, 3.8) is 0 Å². The van der Waals surface area contributed by atoms with Gasteiger partial charge in [0, 0.05) is 45.1 Å². The second-order valence-electron chi connectivity index (χ2n) is 7.97. The molecule has 0 radical (unpaired) electrons. The van der Waals surface area contributed by atoms with Crippen LogP contribution in [0, 0.1) is 5.92 Å². The first-order valence-electron chi connectivity index (χ1n) is 9.83. The monoisotopic (exact) mass is 381 g/mol. The highest BCUT2D eigenvalue weighted by Crippen LogP contribution is 2.25. The summed E-state index contributed by atoms with van der Waals surface area (Å²) in [5.41, 5.74) is 2.80. The summed E-state index contributed by atoms with van der Waals surface area (Å²) in [4.78, 5) is 34.1. The van der Waals surface area contributed by atoms with Crippen LogP contribution in [0.5, 0.6) is 0 Å². The lowest BCUT2D eigenvalue weighted by Crippen LogP contribution is -2.42. The third-order valence-corrected chi connectivity index (χ3v) is 5.79. The van der Waals surface area contributed by atoms with E-state index in [0.717, 1.165) is 37.2 Å². The van der Waals surface area contributed by atoms with Crippen molar-refractivity contribution in [2.24, 2.45) is 13.0 Å². The minimum atomic E-state index is -0.0586. The molecule has 7 nitrogen and oxygen atoms in total. The van der Waals surface area contributed by atoms with Crippen molar-refractivity contribution in [2.45, 2.75) is 32.0 Å². The third-order valence-electron chi connectivity index (χ3n) is 5.79.